The lowest BCUT2D eigenvalue weighted by molar-refractivity contribution is -0.121. The van der Waals surface area contributed by atoms with Crippen molar-refractivity contribution in [2.75, 3.05) is 33.9 Å². The molecule has 126 valence electrons. The van der Waals surface area contributed by atoms with Crippen LogP contribution in [0.2, 0.25) is 0 Å². The lowest BCUT2D eigenvalue weighted by atomic mass is 10.1. The van der Waals surface area contributed by atoms with Crippen molar-refractivity contribution in [1.82, 2.24) is 10.6 Å². The molecule has 23 heavy (non-hydrogen) atoms. The summed E-state index contributed by atoms with van der Waals surface area (Å²) in [5, 5.41) is 6.95. The van der Waals surface area contributed by atoms with Crippen LogP contribution in [0.1, 0.15) is 24.3 Å². The van der Waals surface area contributed by atoms with Crippen LogP contribution in [0, 0.1) is 6.92 Å². The predicted molar refractivity (Wildman–Crippen MR) is 88.8 cm³/mol. The smallest absolute Gasteiger partial charge is 0.234 e. The average molecular weight is 320 g/mol. The highest BCUT2D eigenvalue weighted by atomic mass is 16.5. The molecule has 2 aromatic rings. The van der Waals surface area contributed by atoms with Gasteiger partial charge in [-0.1, -0.05) is 0 Å². The van der Waals surface area contributed by atoms with Crippen LogP contribution >= 0.6 is 0 Å². The molecule has 0 bridgehead atoms. The molecule has 0 aliphatic rings. The van der Waals surface area contributed by atoms with E-state index in [0.29, 0.717) is 13.2 Å². The van der Waals surface area contributed by atoms with Crippen molar-refractivity contribution in [1.29, 1.82) is 0 Å². The van der Waals surface area contributed by atoms with Crippen LogP contribution in [-0.4, -0.2) is 39.8 Å². The van der Waals surface area contributed by atoms with Crippen LogP contribution < -0.4 is 15.4 Å². The van der Waals surface area contributed by atoms with Crippen LogP contribution in [0.15, 0.2) is 22.6 Å². The molecule has 2 N–H and O–H groups in total. The molecule has 1 aromatic heterocycles. The summed E-state index contributed by atoms with van der Waals surface area (Å²) in [6.07, 6.45) is 0. The van der Waals surface area contributed by atoms with E-state index in [0.717, 1.165) is 28.0 Å². The van der Waals surface area contributed by atoms with E-state index < -0.39 is 0 Å². The molecular formula is C17H24N2O4. The first-order valence-electron chi connectivity index (χ1n) is 7.63. The number of aryl methyl sites for hydroxylation is 1. The first-order chi connectivity index (χ1) is 11.1. The SMILES string of the molecule is COCCNCC(=O)NC(C)c1oc2ccc(OC)cc2c1C. The Hall–Kier alpha value is -2.05. The third kappa shape index (κ3) is 4.24. The number of carbonyl (C=O) groups excluding carboxylic acids is 1. The molecule has 0 radical (unpaired) electrons. The monoisotopic (exact) mass is 320 g/mol. The first-order valence-corrected chi connectivity index (χ1v) is 7.63. The van der Waals surface area contributed by atoms with E-state index in [4.69, 9.17) is 13.9 Å². The molecule has 2 rings (SSSR count). The summed E-state index contributed by atoms with van der Waals surface area (Å²) in [4.78, 5) is 11.9. The number of amides is 1. The quantitative estimate of drug-likeness (QED) is 0.729. The molecule has 1 amide bonds. The van der Waals surface area contributed by atoms with Gasteiger partial charge in [0.2, 0.25) is 5.91 Å². The molecule has 6 nitrogen and oxygen atoms in total. The van der Waals surface area contributed by atoms with Gasteiger partial charge in [0.15, 0.2) is 0 Å². The van der Waals surface area contributed by atoms with Crippen LogP contribution in [0.25, 0.3) is 11.0 Å². The van der Waals surface area contributed by atoms with Gasteiger partial charge in [0, 0.05) is 24.6 Å². The summed E-state index contributed by atoms with van der Waals surface area (Å²) < 4.78 is 16.1. The third-order valence-electron chi connectivity index (χ3n) is 3.72. The number of hydrogen-bond donors (Lipinski definition) is 2. The largest absolute Gasteiger partial charge is 0.497 e. The van der Waals surface area contributed by atoms with E-state index >= 15 is 0 Å². The van der Waals surface area contributed by atoms with Crippen molar-refractivity contribution in [2.24, 2.45) is 0 Å². The Kier molecular flexibility index (Phi) is 6.01. The molecule has 1 atom stereocenters. The Morgan fingerprint density at radius 2 is 2.13 bits per heavy atom. The van der Waals surface area contributed by atoms with Gasteiger partial charge < -0.3 is 24.5 Å². The molecule has 0 spiro atoms. The van der Waals surface area contributed by atoms with Gasteiger partial charge in [-0.3, -0.25) is 4.79 Å². The van der Waals surface area contributed by atoms with Gasteiger partial charge >= 0.3 is 0 Å². The van der Waals surface area contributed by atoms with E-state index in [1.807, 2.05) is 32.0 Å². The molecule has 1 heterocycles. The maximum absolute atomic E-state index is 11.9. The molecule has 0 saturated carbocycles. The highest BCUT2D eigenvalue weighted by molar-refractivity contribution is 5.84. The van der Waals surface area contributed by atoms with Crippen molar-refractivity contribution in [3.05, 3.63) is 29.5 Å². The lowest BCUT2D eigenvalue weighted by Crippen LogP contribution is -2.36. The zero-order valence-electron chi connectivity index (χ0n) is 14.1. The predicted octanol–water partition coefficient (Wildman–Crippen LogP) is 2.16. The molecule has 0 aliphatic carbocycles. The van der Waals surface area contributed by atoms with Gasteiger partial charge in [-0.05, 0) is 32.0 Å². The summed E-state index contributed by atoms with van der Waals surface area (Å²) in [6.45, 7) is 5.37. The fraction of sp³-hybridized carbons (Fsp3) is 0.471. The maximum Gasteiger partial charge on any atom is 0.234 e. The molecule has 0 saturated heterocycles. The van der Waals surface area contributed by atoms with Gasteiger partial charge in [0.1, 0.15) is 17.1 Å². The molecule has 1 unspecified atom stereocenters. The maximum atomic E-state index is 11.9. The Bertz CT molecular complexity index is 666. The van der Waals surface area contributed by atoms with Crippen molar-refractivity contribution in [3.63, 3.8) is 0 Å². The minimum atomic E-state index is -0.204. The zero-order chi connectivity index (χ0) is 16.8. The van der Waals surface area contributed by atoms with Gasteiger partial charge in [-0.2, -0.15) is 0 Å². The number of methoxy groups -OCH3 is 2. The summed E-state index contributed by atoms with van der Waals surface area (Å²) in [7, 11) is 3.26. The van der Waals surface area contributed by atoms with Gasteiger partial charge in [0.05, 0.1) is 26.3 Å². The second-order valence-corrected chi connectivity index (χ2v) is 5.41. The van der Waals surface area contributed by atoms with Crippen molar-refractivity contribution >= 4 is 16.9 Å². The molecule has 0 fully saturated rings. The topological polar surface area (TPSA) is 72.7 Å². The highest BCUT2D eigenvalue weighted by Crippen LogP contribution is 2.31. The third-order valence-corrected chi connectivity index (χ3v) is 3.72. The molecule has 6 heteroatoms. The van der Waals surface area contributed by atoms with Crippen LogP contribution in [0.4, 0.5) is 0 Å². The molecule has 1 aromatic carbocycles. The Morgan fingerprint density at radius 1 is 1.35 bits per heavy atom. The highest BCUT2D eigenvalue weighted by Gasteiger charge is 2.18. The number of benzene rings is 1. The van der Waals surface area contributed by atoms with Gasteiger partial charge in [-0.15, -0.1) is 0 Å². The van der Waals surface area contributed by atoms with E-state index in [2.05, 4.69) is 10.6 Å². The van der Waals surface area contributed by atoms with Crippen molar-refractivity contribution in [2.45, 2.75) is 19.9 Å². The minimum Gasteiger partial charge on any atom is -0.497 e. The van der Waals surface area contributed by atoms with Crippen molar-refractivity contribution in [3.8, 4) is 5.75 Å². The standard InChI is InChI=1S/C17H24N2O4/c1-11-14-9-13(22-4)5-6-15(14)23-17(11)12(2)19-16(20)10-18-7-8-21-3/h5-6,9,12,18H,7-8,10H2,1-4H3,(H,19,20). The number of rotatable bonds is 8. The number of nitrogens with one attached hydrogen (secondary N) is 2. The number of ether oxygens (including phenoxy) is 2. The van der Waals surface area contributed by atoms with Gasteiger partial charge in [0.25, 0.3) is 0 Å². The Balaban J connectivity index is 2.04. The summed E-state index contributed by atoms with van der Waals surface area (Å²) in [6, 6.07) is 5.48. The fourth-order valence-corrected chi connectivity index (χ4v) is 2.49. The number of hydrogen-bond acceptors (Lipinski definition) is 5. The minimum absolute atomic E-state index is 0.0777. The second-order valence-electron chi connectivity index (χ2n) is 5.41. The van der Waals surface area contributed by atoms with Crippen LogP contribution in [0.5, 0.6) is 5.75 Å². The van der Waals surface area contributed by atoms with Gasteiger partial charge in [-0.25, -0.2) is 0 Å². The van der Waals surface area contributed by atoms with E-state index in [9.17, 15) is 4.79 Å². The summed E-state index contributed by atoms with van der Waals surface area (Å²) in [5.41, 5.74) is 1.80. The summed E-state index contributed by atoms with van der Waals surface area (Å²) in [5.74, 6) is 1.47. The molecule has 0 aliphatic heterocycles. The van der Waals surface area contributed by atoms with Crippen molar-refractivity contribution < 1.29 is 18.7 Å². The van der Waals surface area contributed by atoms with Crippen LogP contribution in [-0.2, 0) is 9.53 Å². The average Bonchev–Trinajstić information content (AvgIpc) is 2.88. The number of fused-ring (bicyclic) bond motifs is 1. The summed E-state index contributed by atoms with van der Waals surface area (Å²) >= 11 is 0. The number of furan rings is 1. The van der Waals surface area contributed by atoms with E-state index in [1.54, 1.807) is 14.2 Å². The second kappa shape index (κ2) is 7.99. The zero-order valence-corrected chi connectivity index (χ0v) is 14.1. The Morgan fingerprint density at radius 3 is 2.83 bits per heavy atom. The number of carbonyl (C=O) groups is 1. The molecular weight excluding hydrogens is 296 g/mol. The van der Waals surface area contributed by atoms with E-state index in [-0.39, 0.29) is 18.5 Å². The van der Waals surface area contributed by atoms with E-state index in [1.165, 1.54) is 0 Å². The first kappa shape index (κ1) is 17.3. The Labute approximate surface area is 136 Å². The van der Waals surface area contributed by atoms with Crippen LogP contribution in [0.3, 0.4) is 0 Å². The fourth-order valence-electron chi connectivity index (χ4n) is 2.49. The lowest BCUT2D eigenvalue weighted by Gasteiger charge is -2.13. The normalized spacial score (nSPS) is 12.3.